The lowest BCUT2D eigenvalue weighted by Crippen LogP contribution is -2.35. The summed E-state index contributed by atoms with van der Waals surface area (Å²) >= 11 is 0. The summed E-state index contributed by atoms with van der Waals surface area (Å²) in [5.41, 5.74) is 0. The average molecular weight is 151 g/mol. The maximum atomic E-state index is 7.96. The van der Waals surface area contributed by atoms with Gasteiger partial charge < -0.3 is 9.96 Å². The number of hydrogen-bond acceptors (Lipinski definition) is 3. The molecule has 0 saturated carbocycles. The van der Waals surface area contributed by atoms with Crippen LogP contribution in [0.4, 0.5) is 0 Å². The van der Waals surface area contributed by atoms with Crippen molar-refractivity contribution in [1.29, 1.82) is 0 Å². The Bertz CT molecular complexity index is 69.9. The number of nitrogens with zero attached hydrogens (tertiary/aromatic N) is 1. The zero-order chi connectivity index (χ0) is 7.33. The molecule has 64 valence electrons. The quantitative estimate of drug-likeness (QED) is 0.274. The Kier molecular flexibility index (Phi) is 7.02. The molecule has 0 rings (SSSR count). The van der Waals surface area contributed by atoms with Crippen LogP contribution in [0.15, 0.2) is 0 Å². The molecular weight excluding hydrogens is 134 g/mol. The van der Waals surface area contributed by atoms with Gasteiger partial charge in [0.2, 0.25) is 0 Å². The van der Waals surface area contributed by atoms with Crippen LogP contribution in [0.3, 0.4) is 0 Å². The van der Waals surface area contributed by atoms with E-state index in [1.807, 2.05) is 0 Å². The van der Waals surface area contributed by atoms with Crippen molar-refractivity contribution in [2.75, 3.05) is 34.3 Å². The molecule has 0 fully saturated rings. The second-order valence-electron chi connectivity index (χ2n) is 3.20. The molecule has 2 N–H and O–H groups in total. The van der Waals surface area contributed by atoms with Crippen molar-refractivity contribution in [2.24, 2.45) is 0 Å². The summed E-state index contributed by atoms with van der Waals surface area (Å²) in [4.78, 5) is 3.93. The van der Waals surface area contributed by atoms with Crippen molar-refractivity contribution < 1.29 is 20.1 Å². The predicted molar refractivity (Wildman–Crippen MR) is 38.0 cm³/mol. The molecular formula is C6H17NO3. The summed E-state index contributed by atoms with van der Waals surface area (Å²) in [6, 6.07) is 0. The minimum atomic E-state index is 0. The SMILES string of the molecule is C[N+](C)(C)CCCOO.[OH-]. The molecule has 4 nitrogen and oxygen atoms in total. The maximum Gasteiger partial charge on any atom is 0.0873 e. The fourth-order valence-electron chi connectivity index (χ4n) is 0.603. The van der Waals surface area contributed by atoms with Crippen molar-refractivity contribution in [1.82, 2.24) is 0 Å². The monoisotopic (exact) mass is 151 g/mol. The Morgan fingerprint density at radius 1 is 1.30 bits per heavy atom. The van der Waals surface area contributed by atoms with E-state index in [2.05, 4.69) is 26.0 Å². The molecule has 0 aromatic carbocycles. The first-order chi connectivity index (χ1) is 4.06. The van der Waals surface area contributed by atoms with E-state index < -0.39 is 0 Å². The molecule has 0 aromatic heterocycles. The average Bonchev–Trinajstić information content (AvgIpc) is 1.63. The van der Waals surface area contributed by atoms with Gasteiger partial charge in [-0.3, -0.25) is 5.26 Å². The first kappa shape index (κ1) is 12.5. The van der Waals surface area contributed by atoms with Crippen molar-refractivity contribution in [3.05, 3.63) is 0 Å². The van der Waals surface area contributed by atoms with Gasteiger partial charge in [-0.1, -0.05) is 0 Å². The molecule has 0 aliphatic carbocycles. The van der Waals surface area contributed by atoms with Gasteiger partial charge in [0.05, 0.1) is 34.3 Å². The van der Waals surface area contributed by atoms with Crippen LogP contribution in [-0.2, 0) is 4.89 Å². The molecule has 0 radical (unpaired) electrons. The Labute approximate surface area is 61.9 Å². The van der Waals surface area contributed by atoms with Gasteiger partial charge >= 0.3 is 0 Å². The van der Waals surface area contributed by atoms with Crippen molar-refractivity contribution in [2.45, 2.75) is 6.42 Å². The van der Waals surface area contributed by atoms with E-state index in [9.17, 15) is 0 Å². The standard InChI is InChI=1S/C6H15NO2.H2O/c1-7(2,3)5-4-6-9-8;/h4-6H2,1-3H3;1H2. The van der Waals surface area contributed by atoms with Crippen molar-refractivity contribution in [3.8, 4) is 0 Å². The summed E-state index contributed by atoms with van der Waals surface area (Å²) in [5, 5.41) is 7.96. The molecule has 10 heavy (non-hydrogen) atoms. The van der Waals surface area contributed by atoms with Crippen LogP contribution in [0.2, 0.25) is 0 Å². The Balaban J connectivity index is 0. The highest BCUT2D eigenvalue weighted by Gasteiger charge is 2.04. The summed E-state index contributed by atoms with van der Waals surface area (Å²) in [7, 11) is 6.33. The van der Waals surface area contributed by atoms with Gasteiger partial charge in [0.15, 0.2) is 0 Å². The fourth-order valence-corrected chi connectivity index (χ4v) is 0.603. The second kappa shape index (κ2) is 5.61. The molecule has 0 bridgehead atoms. The number of quaternary nitrogens is 1. The van der Waals surface area contributed by atoms with E-state index in [4.69, 9.17) is 5.26 Å². The first-order valence-electron chi connectivity index (χ1n) is 3.13. The first-order valence-corrected chi connectivity index (χ1v) is 3.13. The molecule has 0 atom stereocenters. The van der Waals surface area contributed by atoms with E-state index in [0.717, 1.165) is 17.4 Å². The molecule has 4 heteroatoms. The second-order valence-corrected chi connectivity index (χ2v) is 3.20. The lowest BCUT2D eigenvalue weighted by atomic mass is 10.4. The Hall–Kier alpha value is -0.160. The zero-order valence-corrected chi connectivity index (χ0v) is 6.87. The third-order valence-electron chi connectivity index (χ3n) is 1.06. The number of rotatable bonds is 4. The molecule has 0 spiro atoms. The molecule has 0 amide bonds. The lowest BCUT2D eigenvalue weighted by Gasteiger charge is -2.23. The third-order valence-corrected chi connectivity index (χ3v) is 1.06. The Morgan fingerprint density at radius 3 is 2.10 bits per heavy atom. The van der Waals surface area contributed by atoms with Crippen LogP contribution in [0.25, 0.3) is 0 Å². The van der Waals surface area contributed by atoms with Crippen LogP contribution < -0.4 is 0 Å². The van der Waals surface area contributed by atoms with Crippen molar-refractivity contribution in [3.63, 3.8) is 0 Å². The molecule has 0 aliphatic heterocycles. The molecule has 0 aliphatic rings. The van der Waals surface area contributed by atoms with Gasteiger partial charge in [-0.2, -0.15) is 0 Å². The van der Waals surface area contributed by atoms with Gasteiger partial charge in [-0.05, 0) is 0 Å². The smallest absolute Gasteiger partial charge is 0.0873 e. The Morgan fingerprint density at radius 2 is 1.80 bits per heavy atom. The third kappa shape index (κ3) is 10.8. The highest BCUT2D eigenvalue weighted by molar-refractivity contribution is 4.29. The summed E-state index contributed by atoms with van der Waals surface area (Å²) in [6.07, 6.45) is 0.903. The van der Waals surface area contributed by atoms with E-state index in [1.165, 1.54) is 0 Å². The van der Waals surface area contributed by atoms with Gasteiger partial charge in [0.1, 0.15) is 0 Å². The summed E-state index contributed by atoms with van der Waals surface area (Å²) in [6.45, 7) is 1.47. The lowest BCUT2D eigenvalue weighted by molar-refractivity contribution is -0.870. The van der Waals surface area contributed by atoms with Gasteiger partial charge in [-0.15, -0.1) is 0 Å². The van der Waals surface area contributed by atoms with Gasteiger partial charge in [0, 0.05) is 6.42 Å². The predicted octanol–water partition coefficient (Wildman–Crippen LogP) is 0.396. The van der Waals surface area contributed by atoms with Gasteiger partial charge in [0.25, 0.3) is 0 Å². The van der Waals surface area contributed by atoms with E-state index in [1.54, 1.807) is 0 Å². The van der Waals surface area contributed by atoms with Crippen LogP contribution in [-0.4, -0.2) is 49.5 Å². The van der Waals surface area contributed by atoms with Crippen LogP contribution in [0, 0.1) is 0 Å². The minimum absolute atomic E-state index is 0. The zero-order valence-electron chi connectivity index (χ0n) is 6.87. The van der Waals surface area contributed by atoms with E-state index in [0.29, 0.717) is 6.61 Å². The highest BCUT2D eigenvalue weighted by atomic mass is 17.1. The fraction of sp³-hybridized carbons (Fsp3) is 1.00. The summed E-state index contributed by atoms with van der Waals surface area (Å²) in [5.74, 6) is 0. The van der Waals surface area contributed by atoms with Gasteiger partial charge in [-0.25, -0.2) is 4.89 Å². The molecule has 0 unspecified atom stereocenters. The number of hydrogen-bond donors (Lipinski definition) is 1. The molecule has 0 saturated heterocycles. The minimum Gasteiger partial charge on any atom is -0.870 e. The summed E-state index contributed by atoms with van der Waals surface area (Å²) < 4.78 is 0.920. The molecule has 0 heterocycles. The topological polar surface area (TPSA) is 59.5 Å². The largest absolute Gasteiger partial charge is 0.870 e. The van der Waals surface area contributed by atoms with Crippen LogP contribution in [0.5, 0.6) is 0 Å². The van der Waals surface area contributed by atoms with E-state index in [-0.39, 0.29) is 5.48 Å². The molecule has 0 aromatic rings. The van der Waals surface area contributed by atoms with Crippen LogP contribution in [0.1, 0.15) is 6.42 Å². The van der Waals surface area contributed by atoms with E-state index >= 15 is 0 Å². The maximum absolute atomic E-state index is 7.96. The normalized spacial score (nSPS) is 10.8. The highest BCUT2D eigenvalue weighted by Crippen LogP contribution is 1.92. The van der Waals surface area contributed by atoms with Crippen LogP contribution >= 0.6 is 0 Å². The van der Waals surface area contributed by atoms with Crippen molar-refractivity contribution >= 4 is 0 Å².